The summed E-state index contributed by atoms with van der Waals surface area (Å²) < 4.78 is 30.5. The van der Waals surface area contributed by atoms with Crippen LogP contribution in [-0.4, -0.2) is 47.2 Å². The van der Waals surface area contributed by atoms with Gasteiger partial charge in [0.1, 0.15) is 11.4 Å². The number of piperidine rings is 1. The lowest BCUT2D eigenvalue weighted by Gasteiger charge is -2.26. The number of sulfonamides is 1. The Labute approximate surface area is 262 Å². The van der Waals surface area contributed by atoms with Gasteiger partial charge in [-0.2, -0.15) is 19.5 Å². The van der Waals surface area contributed by atoms with Crippen LogP contribution in [0.3, 0.4) is 0 Å². The highest BCUT2D eigenvalue weighted by atomic mass is 32.2. The van der Waals surface area contributed by atoms with Crippen LogP contribution >= 0.6 is 0 Å². The fourth-order valence-corrected chi connectivity index (χ4v) is 7.31. The summed E-state index contributed by atoms with van der Waals surface area (Å²) in [6.45, 7) is 1.04. The molecule has 1 aromatic heterocycles. The zero-order valence-electron chi connectivity index (χ0n) is 24.5. The molecule has 0 aliphatic carbocycles. The van der Waals surface area contributed by atoms with Crippen molar-refractivity contribution in [3.05, 3.63) is 138 Å². The van der Waals surface area contributed by atoms with Gasteiger partial charge in [0.25, 0.3) is 5.91 Å². The molecule has 3 heterocycles. The molecule has 0 radical (unpaired) electrons. The van der Waals surface area contributed by atoms with Crippen LogP contribution in [0.5, 0.6) is 0 Å². The van der Waals surface area contributed by atoms with Crippen molar-refractivity contribution < 1.29 is 13.2 Å². The van der Waals surface area contributed by atoms with E-state index in [2.05, 4.69) is 0 Å². The number of aromatic nitrogens is 2. The molecule has 0 saturated carbocycles. The number of anilines is 1. The first-order valence-corrected chi connectivity index (χ1v) is 16.4. The first-order chi connectivity index (χ1) is 22.0. The lowest BCUT2D eigenvalue weighted by Crippen LogP contribution is -2.35. The zero-order chi connectivity index (χ0) is 30.8. The van der Waals surface area contributed by atoms with E-state index < -0.39 is 10.0 Å². The molecule has 224 valence electrons. The molecule has 1 amide bonds. The predicted octanol–water partition coefficient (Wildman–Crippen LogP) is 6.55. The molecule has 5 aromatic rings. The van der Waals surface area contributed by atoms with Crippen molar-refractivity contribution in [2.75, 3.05) is 18.1 Å². The monoisotopic (exact) mass is 613 g/mol. The fraction of sp³-hybridized carbons (Fsp3) is 0.139. The summed E-state index contributed by atoms with van der Waals surface area (Å²) in [6, 6.07) is 35.5. The number of para-hydroxylation sites is 2. The van der Waals surface area contributed by atoms with Gasteiger partial charge in [-0.05, 0) is 55.3 Å². The lowest BCUT2D eigenvalue weighted by molar-refractivity contribution is -0.114. The van der Waals surface area contributed by atoms with Crippen LogP contribution in [-0.2, 0) is 14.8 Å². The summed E-state index contributed by atoms with van der Waals surface area (Å²) in [5.74, 6) is -0.264. The highest BCUT2D eigenvalue weighted by Crippen LogP contribution is 2.32. The largest absolute Gasteiger partial charge is 0.281 e. The van der Waals surface area contributed by atoms with E-state index in [4.69, 9.17) is 10.2 Å². The number of carbonyl (C=O) groups excluding carboxylic acids is 1. The van der Waals surface area contributed by atoms with Gasteiger partial charge in [0.15, 0.2) is 0 Å². The molecular weight excluding hydrogens is 582 g/mol. The molecule has 0 spiro atoms. The molecule has 0 atom stereocenters. The number of hydrogen-bond donors (Lipinski definition) is 0. The highest BCUT2D eigenvalue weighted by molar-refractivity contribution is 7.89. The number of nitrogens with zero attached hydrogens (tertiary/aromatic N) is 5. The number of hydrogen-bond acceptors (Lipinski definition) is 5. The Morgan fingerprint density at radius 2 is 1.31 bits per heavy atom. The first kappa shape index (κ1) is 28.6. The quantitative estimate of drug-likeness (QED) is 0.195. The van der Waals surface area contributed by atoms with Crippen LogP contribution < -0.4 is 5.01 Å². The average Bonchev–Trinajstić information content (AvgIpc) is 3.67. The minimum absolute atomic E-state index is 0.230. The molecule has 0 N–H and O–H groups in total. The van der Waals surface area contributed by atoms with Crippen LogP contribution in [0, 0.1) is 0 Å². The second-order valence-electron chi connectivity index (χ2n) is 11.0. The van der Waals surface area contributed by atoms with Crippen molar-refractivity contribution in [1.29, 1.82) is 0 Å². The fourth-order valence-electron chi connectivity index (χ4n) is 5.74. The number of benzene rings is 4. The van der Waals surface area contributed by atoms with E-state index in [9.17, 15) is 13.2 Å². The Kier molecular flexibility index (Phi) is 7.71. The average molecular weight is 614 g/mol. The minimum Gasteiger partial charge on any atom is -0.267 e. The van der Waals surface area contributed by atoms with Gasteiger partial charge >= 0.3 is 0 Å². The van der Waals surface area contributed by atoms with Crippen molar-refractivity contribution in [3.8, 4) is 16.9 Å². The van der Waals surface area contributed by atoms with Crippen molar-refractivity contribution in [2.24, 2.45) is 5.10 Å². The molecular formula is C36H31N5O3S. The normalized spacial score (nSPS) is 16.7. The van der Waals surface area contributed by atoms with Crippen LogP contribution in [0.4, 0.5) is 5.69 Å². The number of hydrazone groups is 1. The Balaban J connectivity index is 1.37. The van der Waals surface area contributed by atoms with E-state index in [-0.39, 0.29) is 10.8 Å². The molecule has 45 heavy (non-hydrogen) atoms. The summed E-state index contributed by atoms with van der Waals surface area (Å²) in [5, 5.41) is 11.1. The van der Waals surface area contributed by atoms with Crippen molar-refractivity contribution in [2.45, 2.75) is 24.2 Å². The predicted molar refractivity (Wildman–Crippen MR) is 176 cm³/mol. The van der Waals surface area contributed by atoms with Gasteiger partial charge in [0.05, 0.1) is 21.8 Å². The number of carbonyl (C=O) groups is 1. The molecule has 0 bridgehead atoms. The lowest BCUT2D eigenvalue weighted by atomic mass is 9.99. The minimum atomic E-state index is -3.66. The van der Waals surface area contributed by atoms with Crippen molar-refractivity contribution in [1.82, 2.24) is 14.1 Å². The molecule has 2 aliphatic rings. The Hall–Kier alpha value is -5.12. The maximum absolute atomic E-state index is 14.0. The molecule has 2 aliphatic heterocycles. The van der Waals surface area contributed by atoms with Gasteiger partial charge in [-0.3, -0.25) is 4.79 Å². The van der Waals surface area contributed by atoms with Gasteiger partial charge in [-0.1, -0.05) is 85.3 Å². The van der Waals surface area contributed by atoms with Crippen molar-refractivity contribution >= 4 is 33.4 Å². The Morgan fingerprint density at radius 1 is 0.689 bits per heavy atom. The summed E-state index contributed by atoms with van der Waals surface area (Å²) in [7, 11) is -3.66. The third-order valence-corrected chi connectivity index (χ3v) is 9.94. The summed E-state index contributed by atoms with van der Waals surface area (Å²) in [6.07, 6.45) is 6.43. The molecule has 8 nitrogen and oxygen atoms in total. The SMILES string of the molecule is O=C1/C(=C\c2cn(-c3ccccc3)nc2-c2cccc(S(=O)(=O)N3CCCCC3)c2)C(c2ccccc2)=NN1c1ccccc1. The van der Waals surface area contributed by atoms with E-state index in [0.717, 1.165) is 30.5 Å². The summed E-state index contributed by atoms with van der Waals surface area (Å²) in [4.78, 5) is 14.2. The van der Waals surface area contributed by atoms with E-state index in [0.29, 0.717) is 46.9 Å². The highest BCUT2D eigenvalue weighted by Gasteiger charge is 2.33. The second kappa shape index (κ2) is 12.1. The molecule has 7 rings (SSSR count). The number of rotatable bonds is 7. The standard InChI is InChI=1S/C36H31N5O3S/c42-36-33(35(27-14-5-1-6-15-27)38-41(36)31-19-9-3-10-20-31)25-29-26-40(30-17-7-2-8-18-30)37-34(29)28-16-13-21-32(24-28)45(43,44)39-22-11-4-12-23-39/h1-3,5-10,13-21,24-26H,4,11-12,22-23H2/b33-25-. The van der Waals surface area contributed by atoms with Crippen LogP contribution in [0.25, 0.3) is 23.0 Å². The second-order valence-corrected chi connectivity index (χ2v) is 13.0. The van der Waals surface area contributed by atoms with Gasteiger partial charge < -0.3 is 0 Å². The van der Waals surface area contributed by atoms with Crippen LogP contribution in [0.2, 0.25) is 0 Å². The molecule has 1 fully saturated rings. The molecule has 4 aromatic carbocycles. The maximum Gasteiger partial charge on any atom is 0.281 e. The van der Waals surface area contributed by atoms with Gasteiger partial charge in [-0.25, -0.2) is 13.1 Å². The van der Waals surface area contributed by atoms with E-state index in [1.165, 1.54) is 5.01 Å². The van der Waals surface area contributed by atoms with Gasteiger partial charge in [0.2, 0.25) is 10.0 Å². The summed E-state index contributed by atoms with van der Waals surface area (Å²) >= 11 is 0. The van der Waals surface area contributed by atoms with E-state index in [1.54, 1.807) is 27.2 Å². The van der Waals surface area contributed by atoms with E-state index >= 15 is 0 Å². The smallest absolute Gasteiger partial charge is 0.267 e. The molecule has 1 saturated heterocycles. The third-order valence-electron chi connectivity index (χ3n) is 8.05. The van der Waals surface area contributed by atoms with Gasteiger partial charge in [0, 0.05) is 36.0 Å². The van der Waals surface area contributed by atoms with Crippen molar-refractivity contribution in [3.63, 3.8) is 0 Å². The van der Waals surface area contributed by atoms with Crippen LogP contribution in [0.15, 0.2) is 137 Å². The maximum atomic E-state index is 14.0. The topological polar surface area (TPSA) is 87.9 Å². The Morgan fingerprint density at radius 3 is 2.00 bits per heavy atom. The molecule has 0 unspecified atom stereocenters. The van der Waals surface area contributed by atoms with Crippen LogP contribution in [0.1, 0.15) is 30.4 Å². The van der Waals surface area contributed by atoms with E-state index in [1.807, 2.05) is 109 Å². The summed E-state index contributed by atoms with van der Waals surface area (Å²) in [5.41, 5.74) is 5.12. The third kappa shape index (κ3) is 5.63. The first-order valence-electron chi connectivity index (χ1n) is 15.0. The van der Waals surface area contributed by atoms with Gasteiger partial charge in [-0.15, -0.1) is 0 Å². The zero-order valence-corrected chi connectivity index (χ0v) is 25.3. The molecule has 9 heteroatoms. The number of amides is 1. The Bertz CT molecular complexity index is 2020.